The van der Waals surface area contributed by atoms with E-state index in [0.29, 0.717) is 11.8 Å². The van der Waals surface area contributed by atoms with E-state index >= 15 is 0 Å². The maximum Gasteiger partial charge on any atom is 0.226 e. The Hall–Kier alpha value is -1.65. The first kappa shape index (κ1) is 17.2. The predicted octanol–water partition coefficient (Wildman–Crippen LogP) is 6.38. The van der Waals surface area contributed by atoms with Gasteiger partial charge in [0.05, 0.1) is 10.2 Å². The van der Waals surface area contributed by atoms with Gasteiger partial charge in [0, 0.05) is 5.56 Å². The van der Waals surface area contributed by atoms with Crippen LogP contribution in [-0.4, -0.2) is 10.1 Å². The molecule has 3 rings (SSSR count). The highest BCUT2D eigenvalue weighted by atomic mass is 32.2. The second-order valence-electron chi connectivity index (χ2n) is 6.22. The lowest BCUT2D eigenvalue weighted by Gasteiger charge is -2.19. The molecule has 0 aliphatic heterocycles. The van der Waals surface area contributed by atoms with Gasteiger partial charge in [0.25, 0.3) is 0 Å². The monoisotopic (exact) mass is 355 g/mol. The molecule has 0 bridgehead atoms. The Balaban J connectivity index is 1.75. The molecule has 2 nitrogen and oxygen atoms in total. The molecule has 1 aromatic heterocycles. The van der Waals surface area contributed by atoms with Crippen molar-refractivity contribution in [1.29, 1.82) is 0 Å². The van der Waals surface area contributed by atoms with Crippen molar-refractivity contribution in [1.82, 2.24) is 4.98 Å². The topological polar surface area (TPSA) is 30.0 Å². The molecule has 0 spiro atoms. The van der Waals surface area contributed by atoms with E-state index in [1.54, 1.807) is 11.3 Å². The van der Waals surface area contributed by atoms with Gasteiger partial charge in [-0.15, -0.1) is 11.3 Å². The minimum absolute atomic E-state index is 0.0539. The highest BCUT2D eigenvalue weighted by Crippen LogP contribution is 2.32. The van der Waals surface area contributed by atoms with E-state index in [2.05, 4.69) is 37.9 Å². The van der Waals surface area contributed by atoms with Crippen LogP contribution in [0.2, 0.25) is 0 Å². The Bertz CT molecular complexity index is 803. The molecule has 0 N–H and O–H groups in total. The summed E-state index contributed by atoms with van der Waals surface area (Å²) in [5.41, 5.74) is 3.01. The Morgan fingerprint density at radius 2 is 1.83 bits per heavy atom. The predicted molar refractivity (Wildman–Crippen MR) is 104 cm³/mol. The maximum atomic E-state index is 12.5. The summed E-state index contributed by atoms with van der Waals surface area (Å²) in [6, 6.07) is 16.1. The summed E-state index contributed by atoms with van der Waals surface area (Å²) in [5, 5.41) is 0.0539. The molecular formula is C20H21NOS2. The number of carbonyl (C=O) groups is 1. The van der Waals surface area contributed by atoms with Crippen molar-refractivity contribution < 1.29 is 4.79 Å². The Kier molecular flexibility index (Phi) is 5.36. The van der Waals surface area contributed by atoms with Gasteiger partial charge in [0.2, 0.25) is 5.12 Å². The van der Waals surface area contributed by atoms with Gasteiger partial charge >= 0.3 is 0 Å². The highest BCUT2D eigenvalue weighted by molar-refractivity contribution is 8.15. The van der Waals surface area contributed by atoms with Crippen LogP contribution < -0.4 is 0 Å². The van der Waals surface area contributed by atoms with Gasteiger partial charge in [-0.25, -0.2) is 4.98 Å². The summed E-state index contributed by atoms with van der Waals surface area (Å²) in [6.45, 7) is 6.71. The molecule has 124 valence electrons. The lowest BCUT2D eigenvalue weighted by atomic mass is 9.86. The second-order valence-corrected chi connectivity index (χ2v) is 8.47. The van der Waals surface area contributed by atoms with Crippen molar-refractivity contribution in [3.63, 3.8) is 0 Å². The zero-order valence-electron chi connectivity index (χ0n) is 14.2. The number of nitrogens with zero attached hydrogens (tertiary/aromatic N) is 1. The number of aromatic nitrogens is 1. The summed E-state index contributed by atoms with van der Waals surface area (Å²) < 4.78 is 1.92. The summed E-state index contributed by atoms with van der Waals surface area (Å²) in [6.07, 6.45) is 1.12. The fraction of sp³-hybridized carbons (Fsp3) is 0.300. The van der Waals surface area contributed by atoms with Crippen LogP contribution >= 0.6 is 23.1 Å². The molecule has 0 amide bonds. The summed E-state index contributed by atoms with van der Waals surface area (Å²) in [4.78, 5) is 17.0. The molecule has 0 aliphatic rings. The largest absolute Gasteiger partial charge is 0.281 e. The standard InChI is InChI=1S/C20H21NOS2/c1-4-16(13(2)3)14-9-11-15(12-10-14)19(22)24-20-21-17-7-5-6-8-18(17)23-20/h5-13,16H,4H2,1-3H3. The van der Waals surface area contributed by atoms with Crippen molar-refractivity contribution in [2.75, 3.05) is 0 Å². The second kappa shape index (κ2) is 7.49. The molecule has 4 heteroatoms. The molecule has 1 unspecified atom stereocenters. The van der Waals surface area contributed by atoms with E-state index in [0.717, 1.165) is 26.5 Å². The molecule has 3 aromatic rings. The average molecular weight is 356 g/mol. The van der Waals surface area contributed by atoms with E-state index in [1.165, 1.54) is 17.3 Å². The van der Waals surface area contributed by atoms with Gasteiger partial charge < -0.3 is 0 Å². The molecule has 2 aromatic carbocycles. The number of thiazole rings is 1. The third kappa shape index (κ3) is 3.70. The fourth-order valence-corrected chi connectivity index (χ4v) is 4.91. The number of para-hydroxylation sites is 1. The fourth-order valence-electron chi connectivity index (χ4n) is 2.99. The van der Waals surface area contributed by atoms with E-state index < -0.39 is 0 Å². The molecule has 0 saturated heterocycles. The van der Waals surface area contributed by atoms with Gasteiger partial charge in [-0.1, -0.05) is 57.2 Å². The Labute approximate surface area is 151 Å². The first-order valence-corrected chi connectivity index (χ1v) is 9.89. The molecule has 0 saturated carbocycles. The SMILES string of the molecule is CCC(c1ccc(C(=O)Sc2nc3ccccc3s2)cc1)C(C)C. The van der Waals surface area contributed by atoms with Crippen molar-refractivity contribution in [3.05, 3.63) is 59.7 Å². The number of rotatable bonds is 5. The normalized spacial score (nSPS) is 12.7. The van der Waals surface area contributed by atoms with Crippen molar-refractivity contribution in [2.45, 2.75) is 37.4 Å². The van der Waals surface area contributed by atoms with E-state index in [-0.39, 0.29) is 5.12 Å². The van der Waals surface area contributed by atoms with Crippen molar-refractivity contribution >= 4 is 38.4 Å². The summed E-state index contributed by atoms with van der Waals surface area (Å²) in [5.74, 6) is 1.15. The van der Waals surface area contributed by atoms with Crippen LogP contribution in [-0.2, 0) is 0 Å². The number of carbonyl (C=O) groups excluding carboxylic acids is 1. The molecule has 0 fully saturated rings. The van der Waals surface area contributed by atoms with Gasteiger partial charge in [0.1, 0.15) is 0 Å². The number of benzene rings is 2. The quantitative estimate of drug-likeness (QED) is 0.497. The number of thioether (sulfide) groups is 1. The van der Waals surface area contributed by atoms with E-state index in [4.69, 9.17) is 0 Å². The molecule has 24 heavy (non-hydrogen) atoms. The van der Waals surface area contributed by atoms with Gasteiger partial charge in [-0.05, 0) is 47.7 Å². The first-order chi connectivity index (χ1) is 11.6. The summed E-state index contributed by atoms with van der Waals surface area (Å²) in [7, 11) is 0. The third-order valence-electron chi connectivity index (χ3n) is 4.27. The third-order valence-corrected chi connectivity index (χ3v) is 6.29. The zero-order chi connectivity index (χ0) is 17.1. The Morgan fingerprint density at radius 3 is 2.46 bits per heavy atom. The Morgan fingerprint density at radius 1 is 1.12 bits per heavy atom. The molecule has 1 atom stereocenters. The minimum atomic E-state index is 0.0539. The van der Waals surface area contributed by atoms with Crippen LogP contribution in [0.5, 0.6) is 0 Å². The van der Waals surface area contributed by atoms with Gasteiger partial charge in [-0.3, -0.25) is 4.79 Å². The molecule has 0 radical (unpaired) electrons. The molecule has 1 heterocycles. The van der Waals surface area contributed by atoms with Crippen LogP contribution in [0.25, 0.3) is 10.2 Å². The number of hydrogen-bond donors (Lipinski definition) is 0. The maximum absolute atomic E-state index is 12.5. The van der Waals surface area contributed by atoms with Crippen LogP contribution in [0.3, 0.4) is 0 Å². The minimum Gasteiger partial charge on any atom is -0.281 e. The average Bonchev–Trinajstić information content (AvgIpc) is 2.98. The summed E-state index contributed by atoms with van der Waals surface area (Å²) >= 11 is 2.78. The number of hydrogen-bond acceptors (Lipinski definition) is 4. The zero-order valence-corrected chi connectivity index (χ0v) is 15.8. The number of fused-ring (bicyclic) bond motifs is 1. The van der Waals surface area contributed by atoms with E-state index in [9.17, 15) is 4.79 Å². The smallest absolute Gasteiger partial charge is 0.226 e. The van der Waals surface area contributed by atoms with Gasteiger partial charge in [-0.2, -0.15) is 0 Å². The van der Waals surface area contributed by atoms with Crippen LogP contribution in [0, 0.1) is 5.92 Å². The van der Waals surface area contributed by atoms with Crippen LogP contribution in [0.15, 0.2) is 52.9 Å². The highest BCUT2D eigenvalue weighted by Gasteiger charge is 2.16. The van der Waals surface area contributed by atoms with Crippen molar-refractivity contribution in [3.8, 4) is 0 Å². The van der Waals surface area contributed by atoms with Gasteiger partial charge in [0.15, 0.2) is 4.34 Å². The lowest BCUT2D eigenvalue weighted by molar-refractivity contribution is 0.108. The first-order valence-electron chi connectivity index (χ1n) is 8.26. The van der Waals surface area contributed by atoms with Crippen LogP contribution in [0.1, 0.15) is 49.0 Å². The van der Waals surface area contributed by atoms with Crippen molar-refractivity contribution in [2.24, 2.45) is 5.92 Å². The van der Waals surface area contributed by atoms with Crippen LogP contribution in [0.4, 0.5) is 0 Å². The molecular weight excluding hydrogens is 334 g/mol. The van der Waals surface area contributed by atoms with E-state index in [1.807, 2.05) is 36.4 Å². The lowest BCUT2D eigenvalue weighted by Crippen LogP contribution is -2.05. The molecule has 0 aliphatic carbocycles.